The molecule has 0 radical (unpaired) electrons. The molecule has 1 aliphatic rings. The molecule has 0 atom stereocenters. The van der Waals surface area contributed by atoms with E-state index in [1.165, 1.54) is 29.5 Å². The van der Waals surface area contributed by atoms with Gasteiger partial charge < -0.3 is 15.8 Å². The minimum Gasteiger partial charge on any atom is -0.496 e. The maximum atomic E-state index is 5.78. The summed E-state index contributed by atoms with van der Waals surface area (Å²) in [6.45, 7) is 7.12. The molecule has 0 aliphatic heterocycles. The van der Waals surface area contributed by atoms with Gasteiger partial charge in [-0.1, -0.05) is 12.1 Å². The van der Waals surface area contributed by atoms with Crippen LogP contribution in [-0.4, -0.2) is 26.7 Å². The Bertz CT molecular complexity index is 415. The Kier molecular flexibility index (Phi) is 4.48. The zero-order valence-corrected chi connectivity index (χ0v) is 12.4. The van der Waals surface area contributed by atoms with Gasteiger partial charge in [-0.3, -0.25) is 0 Å². The van der Waals surface area contributed by atoms with Crippen molar-refractivity contribution in [2.45, 2.75) is 33.1 Å². The summed E-state index contributed by atoms with van der Waals surface area (Å²) in [4.78, 5) is 0. The zero-order valence-electron chi connectivity index (χ0n) is 12.4. The molecule has 19 heavy (non-hydrogen) atoms. The van der Waals surface area contributed by atoms with Crippen LogP contribution in [0.3, 0.4) is 0 Å². The highest BCUT2D eigenvalue weighted by molar-refractivity contribution is 5.43. The number of hydrogen-bond acceptors (Lipinski definition) is 3. The Hall–Kier alpha value is -1.06. The molecule has 1 aliphatic carbocycles. The van der Waals surface area contributed by atoms with Crippen molar-refractivity contribution >= 4 is 0 Å². The molecule has 0 spiro atoms. The number of methoxy groups -OCH3 is 1. The van der Waals surface area contributed by atoms with E-state index in [4.69, 9.17) is 10.5 Å². The first-order valence-corrected chi connectivity index (χ1v) is 7.15. The Morgan fingerprint density at radius 3 is 2.37 bits per heavy atom. The van der Waals surface area contributed by atoms with Crippen LogP contribution in [0.2, 0.25) is 0 Å². The summed E-state index contributed by atoms with van der Waals surface area (Å²) in [5, 5.41) is 3.54. The smallest absolute Gasteiger partial charge is 0.124 e. The molecule has 106 valence electrons. The largest absolute Gasteiger partial charge is 0.496 e. The van der Waals surface area contributed by atoms with Crippen LogP contribution in [0.1, 0.15) is 29.5 Å². The molecule has 0 heterocycles. The van der Waals surface area contributed by atoms with Gasteiger partial charge in [0.25, 0.3) is 0 Å². The van der Waals surface area contributed by atoms with Gasteiger partial charge in [0.1, 0.15) is 5.75 Å². The maximum Gasteiger partial charge on any atom is 0.124 e. The Morgan fingerprint density at radius 2 is 1.89 bits per heavy atom. The highest BCUT2D eigenvalue weighted by Crippen LogP contribution is 2.43. The van der Waals surface area contributed by atoms with E-state index >= 15 is 0 Å². The van der Waals surface area contributed by atoms with E-state index < -0.39 is 0 Å². The van der Waals surface area contributed by atoms with Gasteiger partial charge >= 0.3 is 0 Å². The molecule has 3 heteroatoms. The fraction of sp³-hybridized carbons (Fsp3) is 0.625. The third-order valence-corrected chi connectivity index (χ3v) is 4.20. The normalized spacial score (nSPS) is 16.4. The van der Waals surface area contributed by atoms with E-state index in [0.717, 1.165) is 31.8 Å². The van der Waals surface area contributed by atoms with E-state index in [-0.39, 0.29) is 0 Å². The minimum absolute atomic E-state index is 0.422. The number of hydrogen-bond donors (Lipinski definition) is 2. The molecule has 0 amide bonds. The van der Waals surface area contributed by atoms with Crippen LogP contribution in [-0.2, 0) is 6.42 Å². The predicted molar refractivity (Wildman–Crippen MR) is 79.8 cm³/mol. The van der Waals surface area contributed by atoms with Crippen molar-refractivity contribution in [3.63, 3.8) is 0 Å². The number of nitrogens with two attached hydrogens (primary N) is 1. The van der Waals surface area contributed by atoms with Crippen LogP contribution in [0.4, 0.5) is 0 Å². The van der Waals surface area contributed by atoms with Gasteiger partial charge in [-0.2, -0.15) is 0 Å². The van der Waals surface area contributed by atoms with Crippen LogP contribution in [0.25, 0.3) is 0 Å². The van der Waals surface area contributed by atoms with E-state index in [2.05, 4.69) is 31.3 Å². The van der Waals surface area contributed by atoms with Gasteiger partial charge in [0.15, 0.2) is 0 Å². The fourth-order valence-corrected chi connectivity index (χ4v) is 2.72. The van der Waals surface area contributed by atoms with Crippen LogP contribution in [0.5, 0.6) is 5.75 Å². The second kappa shape index (κ2) is 5.93. The first-order valence-electron chi connectivity index (χ1n) is 7.15. The van der Waals surface area contributed by atoms with Crippen molar-refractivity contribution in [3.05, 3.63) is 28.8 Å². The van der Waals surface area contributed by atoms with Crippen LogP contribution in [0, 0.1) is 19.3 Å². The summed E-state index contributed by atoms with van der Waals surface area (Å²) in [7, 11) is 1.73. The molecule has 0 bridgehead atoms. The Labute approximate surface area is 116 Å². The summed E-state index contributed by atoms with van der Waals surface area (Å²) in [5.74, 6) is 1.01. The van der Waals surface area contributed by atoms with Crippen LogP contribution < -0.4 is 15.8 Å². The van der Waals surface area contributed by atoms with Crippen molar-refractivity contribution in [1.29, 1.82) is 0 Å². The average molecular weight is 262 g/mol. The molecule has 1 fully saturated rings. The quantitative estimate of drug-likeness (QED) is 0.740. The third-order valence-electron chi connectivity index (χ3n) is 4.20. The summed E-state index contributed by atoms with van der Waals surface area (Å²) >= 11 is 0. The van der Waals surface area contributed by atoms with Gasteiger partial charge in [0.05, 0.1) is 7.11 Å². The zero-order chi connectivity index (χ0) is 13.9. The molecular weight excluding hydrogens is 236 g/mol. The third kappa shape index (κ3) is 3.48. The lowest BCUT2D eigenvalue weighted by molar-refractivity contribution is 0.408. The van der Waals surface area contributed by atoms with Gasteiger partial charge in [0.2, 0.25) is 0 Å². The van der Waals surface area contributed by atoms with E-state index in [1.807, 2.05) is 0 Å². The minimum atomic E-state index is 0.422. The first kappa shape index (κ1) is 14.4. The fourth-order valence-electron chi connectivity index (χ4n) is 2.72. The lowest BCUT2D eigenvalue weighted by atomic mass is 10.0. The predicted octanol–water partition coefficient (Wildman–Crippen LogP) is 2.18. The lowest BCUT2D eigenvalue weighted by Crippen LogP contribution is -2.30. The van der Waals surface area contributed by atoms with Crippen molar-refractivity contribution in [2.75, 3.05) is 26.7 Å². The lowest BCUT2D eigenvalue weighted by Gasteiger charge is -2.14. The Balaban J connectivity index is 1.83. The summed E-state index contributed by atoms with van der Waals surface area (Å²) in [6.07, 6.45) is 3.64. The first-order chi connectivity index (χ1) is 9.10. The standard InChI is InChI=1S/C16H26N2O/c1-12-8-14(9-13(2)15(12)19-3)4-7-18-11-16(10-17)5-6-16/h8-9,18H,4-7,10-11,17H2,1-3H3. The van der Waals surface area contributed by atoms with Crippen molar-refractivity contribution < 1.29 is 4.74 Å². The topological polar surface area (TPSA) is 47.3 Å². The molecule has 3 nitrogen and oxygen atoms in total. The number of aryl methyl sites for hydroxylation is 2. The second-order valence-corrected chi connectivity index (χ2v) is 5.89. The molecule has 0 unspecified atom stereocenters. The van der Waals surface area contributed by atoms with Crippen LogP contribution in [0.15, 0.2) is 12.1 Å². The SMILES string of the molecule is COc1c(C)cc(CCNCC2(CN)CC2)cc1C. The molecule has 3 N–H and O–H groups in total. The summed E-state index contributed by atoms with van der Waals surface area (Å²) < 4.78 is 5.39. The molecule has 1 aromatic carbocycles. The van der Waals surface area contributed by atoms with Crippen LogP contribution >= 0.6 is 0 Å². The molecule has 1 aromatic rings. The number of ether oxygens (including phenoxy) is 1. The van der Waals surface area contributed by atoms with Gasteiger partial charge in [-0.25, -0.2) is 0 Å². The highest BCUT2D eigenvalue weighted by atomic mass is 16.5. The molecule has 2 rings (SSSR count). The Morgan fingerprint density at radius 1 is 1.26 bits per heavy atom. The molecule has 0 saturated heterocycles. The van der Waals surface area contributed by atoms with Crippen molar-refractivity contribution in [3.8, 4) is 5.75 Å². The molecule has 0 aromatic heterocycles. The molecular formula is C16H26N2O. The van der Waals surface area contributed by atoms with Gasteiger partial charge in [-0.05, 0) is 68.3 Å². The summed E-state index contributed by atoms with van der Waals surface area (Å²) in [5.41, 5.74) is 10.0. The highest BCUT2D eigenvalue weighted by Gasteiger charge is 2.40. The van der Waals surface area contributed by atoms with Gasteiger partial charge in [-0.15, -0.1) is 0 Å². The van der Waals surface area contributed by atoms with E-state index in [0.29, 0.717) is 5.41 Å². The van der Waals surface area contributed by atoms with E-state index in [9.17, 15) is 0 Å². The second-order valence-electron chi connectivity index (χ2n) is 5.89. The number of benzene rings is 1. The summed E-state index contributed by atoms with van der Waals surface area (Å²) in [6, 6.07) is 4.45. The number of rotatable bonds is 7. The van der Waals surface area contributed by atoms with Gasteiger partial charge in [0, 0.05) is 6.54 Å². The monoisotopic (exact) mass is 262 g/mol. The van der Waals surface area contributed by atoms with E-state index in [1.54, 1.807) is 7.11 Å². The van der Waals surface area contributed by atoms with Crippen molar-refractivity contribution in [2.24, 2.45) is 11.1 Å². The molecule has 1 saturated carbocycles. The van der Waals surface area contributed by atoms with Crippen molar-refractivity contribution in [1.82, 2.24) is 5.32 Å². The average Bonchev–Trinajstić information content (AvgIpc) is 3.15. The number of nitrogens with one attached hydrogen (secondary N) is 1. The maximum absolute atomic E-state index is 5.78.